The number of hydrogen-bond acceptors (Lipinski definition) is 4. The third-order valence-electron chi connectivity index (χ3n) is 2.70. The number of esters is 1. The lowest BCUT2D eigenvalue weighted by Gasteiger charge is -2.12. The lowest BCUT2D eigenvalue weighted by Crippen LogP contribution is -2.34. The van der Waals surface area contributed by atoms with Gasteiger partial charge < -0.3 is 15.4 Å². The second-order valence-electron chi connectivity index (χ2n) is 4.13. The van der Waals surface area contributed by atoms with Gasteiger partial charge in [0.25, 0.3) is 5.91 Å². The zero-order valence-corrected chi connectivity index (χ0v) is 11.5. The Morgan fingerprint density at radius 1 is 1.26 bits per heavy atom. The molecule has 0 saturated carbocycles. The minimum absolute atomic E-state index is 0.112. The number of benzene rings is 1. The van der Waals surface area contributed by atoms with E-state index >= 15 is 0 Å². The highest BCUT2D eigenvalue weighted by Crippen LogP contribution is 2.04. The number of carbonyl (C=O) groups excluding carboxylic acids is 2. The molecule has 0 aromatic heterocycles. The highest BCUT2D eigenvalue weighted by atomic mass is 16.5. The van der Waals surface area contributed by atoms with Gasteiger partial charge in [-0.3, -0.25) is 9.59 Å². The van der Waals surface area contributed by atoms with Gasteiger partial charge in [-0.25, -0.2) is 0 Å². The van der Waals surface area contributed by atoms with Crippen LogP contribution in [0.5, 0.6) is 0 Å². The first-order valence-corrected chi connectivity index (χ1v) is 6.29. The maximum atomic E-state index is 11.4. The molecule has 0 heterocycles. The van der Waals surface area contributed by atoms with Gasteiger partial charge in [0.05, 0.1) is 6.61 Å². The van der Waals surface area contributed by atoms with Crippen molar-refractivity contribution in [1.29, 1.82) is 0 Å². The molecule has 0 radical (unpaired) electrons. The standard InChI is InChI=1S/C14H20N2O3/c1-4-19-14(18)10(2)16-9-11-5-7-12(8-6-11)13(17)15-3/h5-8,10,16H,4,9H2,1-3H3,(H,15,17). The number of nitrogens with one attached hydrogen (secondary N) is 2. The van der Waals surface area contributed by atoms with Crippen LogP contribution in [0.3, 0.4) is 0 Å². The molecule has 0 aliphatic heterocycles. The fourth-order valence-corrected chi connectivity index (χ4v) is 1.54. The van der Waals surface area contributed by atoms with Gasteiger partial charge >= 0.3 is 5.97 Å². The second kappa shape index (κ2) is 7.53. The van der Waals surface area contributed by atoms with Crippen LogP contribution in [0.2, 0.25) is 0 Å². The van der Waals surface area contributed by atoms with E-state index in [1.807, 2.05) is 12.1 Å². The Labute approximate surface area is 113 Å². The lowest BCUT2D eigenvalue weighted by atomic mass is 10.1. The van der Waals surface area contributed by atoms with Gasteiger partial charge in [0, 0.05) is 19.2 Å². The van der Waals surface area contributed by atoms with Gasteiger partial charge in [-0.15, -0.1) is 0 Å². The fraction of sp³-hybridized carbons (Fsp3) is 0.429. The molecule has 1 atom stereocenters. The van der Waals surface area contributed by atoms with Crippen molar-refractivity contribution >= 4 is 11.9 Å². The maximum Gasteiger partial charge on any atom is 0.322 e. The monoisotopic (exact) mass is 264 g/mol. The van der Waals surface area contributed by atoms with Crippen molar-refractivity contribution in [2.24, 2.45) is 0 Å². The number of amides is 1. The molecule has 0 aliphatic carbocycles. The summed E-state index contributed by atoms with van der Waals surface area (Å²) in [7, 11) is 1.60. The highest BCUT2D eigenvalue weighted by molar-refractivity contribution is 5.93. The zero-order chi connectivity index (χ0) is 14.3. The molecule has 2 N–H and O–H groups in total. The summed E-state index contributed by atoms with van der Waals surface area (Å²) in [5.74, 6) is -0.371. The SMILES string of the molecule is CCOC(=O)C(C)NCc1ccc(C(=O)NC)cc1. The Hall–Kier alpha value is -1.88. The van der Waals surface area contributed by atoms with Crippen LogP contribution in [-0.4, -0.2) is 31.6 Å². The van der Waals surface area contributed by atoms with E-state index in [-0.39, 0.29) is 17.9 Å². The van der Waals surface area contributed by atoms with E-state index in [2.05, 4.69) is 10.6 Å². The first-order chi connectivity index (χ1) is 9.08. The summed E-state index contributed by atoms with van der Waals surface area (Å²) in [4.78, 5) is 22.8. The van der Waals surface area contributed by atoms with Crippen LogP contribution in [0.1, 0.15) is 29.8 Å². The normalized spacial score (nSPS) is 11.7. The van der Waals surface area contributed by atoms with Crippen molar-refractivity contribution in [2.45, 2.75) is 26.4 Å². The summed E-state index contributed by atoms with van der Waals surface area (Å²) in [6.07, 6.45) is 0. The molecule has 19 heavy (non-hydrogen) atoms. The number of rotatable bonds is 6. The van der Waals surface area contributed by atoms with Gasteiger partial charge in [-0.2, -0.15) is 0 Å². The first-order valence-electron chi connectivity index (χ1n) is 6.29. The average molecular weight is 264 g/mol. The van der Waals surface area contributed by atoms with Crippen molar-refractivity contribution < 1.29 is 14.3 Å². The Morgan fingerprint density at radius 2 is 1.89 bits per heavy atom. The van der Waals surface area contributed by atoms with Crippen molar-refractivity contribution in [3.05, 3.63) is 35.4 Å². The summed E-state index contributed by atoms with van der Waals surface area (Å²) in [5.41, 5.74) is 1.62. The third-order valence-corrected chi connectivity index (χ3v) is 2.70. The Kier molecular flexibility index (Phi) is 6.02. The van der Waals surface area contributed by atoms with Gasteiger partial charge in [-0.1, -0.05) is 12.1 Å². The van der Waals surface area contributed by atoms with Crippen LogP contribution in [0.4, 0.5) is 0 Å². The molecule has 0 bridgehead atoms. The minimum atomic E-state index is -0.349. The van der Waals surface area contributed by atoms with Crippen LogP contribution >= 0.6 is 0 Å². The Morgan fingerprint density at radius 3 is 2.42 bits per heavy atom. The minimum Gasteiger partial charge on any atom is -0.465 e. The molecule has 1 unspecified atom stereocenters. The van der Waals surface area contributed by atoms with E-state index in [0.717, 1.165) is 5.56 Å². The van der Waals surface area contributed by atoms with E-state index in [9.17, 15) is 9.59 Å². The van der Waals surface area contributed by atoms with Crippen LogP contribution in [0.15, 0.2) is 24.3 Å². The van der Waals surface area contributed by atoms with E-state index in [4.69, 9.17) is 4.74 Å². The van der Waals surface area contributed by atoms with E-state index < -0.39 is 0 Å². The molecule has 1 aromatic rings. The van der Waals surface area contributed by atoms with Crippen molar-refractivity contribution in [3.8, 4) is 0 Å². The Balaban J connectivity index is 2.50. The van der Waals surface area contributed by atoms with Crippen LogP contribution < -0.4 is 10.6 Å². The summed E-state index contributed by atoms with van der Waals surface area (Å²) in [6, 6.07) is 6.87. The largest absolute Gasteiger partial charge is 0.465 e. The molecule has 5 nitrogen and oxygen atoms in total. The molecule has 1 amide bonds. The molecular formula is C14H20N2O3. The van der Waals surface area contributed by atoms with Crippen LogP contribution in [0, 0.1) is 0 Å². The quantitative estimate of drug-likeness (QED) is 0.755. The van der Waals surface area contributed by atoms with E-state index in [0.29, 0.717) is 18.7 Å². The summed E-state index contributed by atoms with van der Waals surface area (Å²) >= 11 is 0. The predicted octanol–water partition coefficient (Wildman–Crippen LogP) is 1.09. The predicted molar refractivity (Wildman–Crippen MR) is 72.8 cm³/mol. The lowest BCUT2D eigenvalue weighted by molar-refractivity contribution is -0.145. The average Bonchev–Trinajstić information content (AvgIpc) is 2.44. The molecule has 0 saturated heterocycles. The topological polar surface area (TPSA) is 67.4 Å². The molecule has 1 rings (SSSR count). The van der Waals surface area contributed by atoms with Gasteiger partial charge in [0.15, 0.2) is 0 Å². The molecular weight excluding hydrogens is 244 g/mol. The number of hydrogen-bond donors (Lipinski definition) is 2. The maximum absolute atomic E-state index is 11.4. The smallest absolute Gasteiger partial charge is 0.322 e. The molecule has 0 aliphatic rings. The van der Waals surface area contributed by atoms with E-state index in [1.165, 1.54) is 0 Å². The first kappa shape index (κ1) is 15.2. The van der Waals surface area contributed by atoms with Crippen LogP contribution in [-0.2, 0) is 16.1 Å². The number of carbonyl (C=O) groups is 2. The molecule has 0 fully saturated rings. The Bertz CT molecular complexity index is 429. The number of ether oxygens (including phenoxy) is 1. The molecule has 1 aromatic carbocycles. The van der Waals surface area contributed by atoms with Crippen molar-refractivity contribution in [1.82, 2.24) is 10.6 Å². The molecule has 104 valence electrons. The van der Waals surface area contributed by atoms with Crippen LogP contribution in [0.25, 0.3) is 0 Å². The summed E-state index contributed by atoms with van der Waals surface area (Å²) in [5, 5.41) is 5.64. The van der Waals surface area contributed by atoms with Gasteiger partial charge in [0.1, 0.15) is 6.04 Å². The summed E-state index contributed by atoms with van der Waals surface area (Å²) < 4.78 is 4.90. The fourth-order valence-electron chi connectivity index (χ4n) is 1.54. The molecule has 0 spiro atoms. The van der Waals surface area contributed by atoms with E-state index in [1.54, 1.807) is 33.0 Å². The van der Waals surface area contributed by atoms with Crippen molar-refractivity contribution in [3.63, 3.8) is 0 Å². The van der Waals surface area contributed by atoms with Crippen molar-refractivity contribution in [2.75, 3.05) is 13.7 Å². The summed E-state index contributed by atoms with van der Waals surface area (Å²) in [6.45, 7) is 4.47. The van der Waals surface area contributed by atoms with Gasteiger partial charge in [-0.05, 0) is 31.5 Å². The van der Waals surface area contributed by atoms with Gasteiger partial charge in [0.2, 0.25) is 0 Å². The third kappa shape index (κ3) is 4.71. The highest BCUT2D eigenvalue weighted by Gasteiger charge is 2.12. The second-order valence-corrected chi connectivity index (χ2v) is 4.13. The molecule has 5 heteroatoms. The zero-order valence-electron chi connectivity index (χ0n) is 11.5.